The molecular weight excluding hydrogens is 252 g/mol. The third-order valence-electron chi connectivity index (χ3n) is 4.25. The summed E-state index contributed by atoms with van der Waals surface area (Å²) in [6, 6.07) is 0.241. The second-order valence-electron chi connectivity index (χ2n) is 6.62. The molecule has 3 N–H and O–H groups in total. The van der Waals surface area contributed by atoms with Crippen LogP contribution in [-0.2, 0) is 13.5 Å². The molecule has 112 valence electrons. The molecule has 2 rings (SSSR count). The quantitative estimate of drug-likeness (QED) is 0.890. The number of carbonyl (C=O) groups excluding carboxylic acids is 1. The summed E-state index contributed by atoms with van der Waals surface area (Å²) in [5.41, 5.74) is 8.14. The van der Waals surface area contributed by atoms with Crippen molar-refractivity contribution in [2.24, 2.45) is 12.5 Å². The fraction of sp³-hybridized carbons (Fsp3) is 0.733. The molecule has 1 atom stereocenters. The lowest BCUT2D eigenvalue weighted by atomic mass is 9.75. The van der Waals surface area contributed by atoms with Crippen LogP contribution in [0.15, 0.2) is 0 Å². The highest BCUT2D eigenvalue weighted by molar-refractivity contribution is 5.98. The third kappa shape index (κ3) is 2.97. The summed E-state index contributed by atoms with van der Waals surface area (Å²) in [4.78, 5) is 12.4. The molecule has 1 heterocycles. The fourth-order valence-corrected chi connectivity index (χ4v) is 3.20. The van der Waals surface area contributed by atoms with E-state index in [1.54, 1.807) is 11.7 Å². The van der Waals surface area contributed by atoms with E-state index in [1.165, 1.54) is 12.8 Å². The van der Waals surface area contributed by atoms with Crippen molar-refractivity contribution in [1.82, 2.24) is 15.1 Å². The van der Waals surface area contributed by atoms with Crippen LogP contribution in [0.1, 0.15) is 62.6 Å². The third-order valence-corrected chi connectivity index (χ3v) is 4.25. The standard InChI is InChI=1S/C15H26N4O/c1-5-11-12(16)13(19(4)18-11)14(20)17-10-7-6-8-15(2,3)9-10/h10H,5-9,16H2,1-4H3,(H,17,20). The van der Waals surface area contributed by atoms with Crippen molar-refractivity contribution in [1.29, 1.82) is 0 Å². The maximum absolute atomic E-state index is 12.4. The van der Waals surface area contributed by atoms with Crippen molar-refractivity contribution in [3.8, 4) is 0 Å². The van der Waals surface area contributed by atoms with Gasteiger partial charge < -0.3 is 11.1 Å². The van der Waals surface area contributed by atoms with Crippen molar-refractivity contribution in [2.45, 2.75) is 58.9 Å². The number of amides is 1. The molecule has 0 bridgehead atoms. The Bertz CT molecular complexity index is 504. The smallest absolute Gasteiger partial charge is 0.271 e. The molecule has 1 aromatic rings. The summed E-state index contributed by atoms with van der Waals surface area (Å²) >= 11 is 0. The highest BCUT2D eigenvalue weighted by Gasteiger charge is 2.30. The SMILES string of the molecule is CCc1nn(C)c(C(=O)NC2CCCC(C)(C)C2)c1N. The van der Waals surface area contributed by atoms with Gasteiger partial charge in [0.25, 0.3) is 5.91 Å². The number of aryl methyl sites for hydroxylation is 2. The molecule has 0 aliphatic heterocycles. The van der Waals surface area contributed by atoms with Crippen molar-refractivity contribution in [3.63, 3.8) is 0 Å². The molecule has 0 spiro atoms. The highest BCUT2D eigenvalue weighted by atomic mass is 16.2. The van der Waals surface area contributed by atoms with E-state index in [9.17, 15) is 4.79 Å². The molecule has 5 heteroatoms. The maximum atomic E-state index is 12.4. The Morgan fingerprint density at radius 1 is 1.55 bits per heavy atom. The molecule has 0 aromatic carbocycles. The van der Waals surface area contributed by atoms with Gasteiger partial charge in [-0.15, -0.1) is 0 Å². The highest BCUT2D eigenvalue weighted by Crippen LogP contribution is 2.35. The number of aromatic nitrogens is 2. The van der Waals surface area contributed by atoms with Crippen LogP contribution in [0.4, 0.5) is 5.69 Å². The first-order chi connectivity index (χ1) is 9.34. The number of hydrogen-bond donors (Lipinski definition) is 2. The van der Waals surface area contributed by atoms with Crippen LogP contribution >= 0.6 is 0 Å². The number of nitrogen functional groups attached to an aromatic ring is 1. The molecule has 0 saturated heterocycles. The minimum atomic E-state index is -0.0973. The number of hydrogen-bond acceptors (Lipinski definition) is 3. The van der Waals surface area contributed by atoms with Gasteiger partial charge in [0.1, 0.15) is 5.69 Å². The molecule has 1 unspecified atom stereocenters. The zero-order valence-corrected chi connectivity index (χ0v) is 13.0. The fourth-order valence-electron chi connectivity index (χ4n) is 3.20. The summed E-state index contributed by atoms with van der Waals surface area (Å²) in [6.07, 6.45) is 5.21. The van der Waals surface area contributed by atoms with E-state index in [4.69, 9.17) is 5.73 Å². The van der Waals surface area contributed by atoms with Crippen LogP contribution < -0.4 is 11.1 Å². The van der Waals surface area contributed by atoms with Crippen molar-refractivity contribution >= 4 is 11.6 Å². The van der Waals surface area contributed by atoms with Gasteiger partial charge in [-0.25, -0.2) is 0 Å². The van der Waals surface area contributed by atoms with Gasteiger partial charge in [0.15, 0.2) is 0 Å². The number of carbonyl (C=O) groups is 1. The lowest BCUT2D eigenvalue weighted by Gasteiger charge is -2.35. The lowest BCUT2D eigenvalue weighted by molar-refractivity contribution is 0.0894. The van der Waals surface area contributed by atoms with E-state index in [-0.39, 0.29) is 11.9 Å². The van der Waals surface area contributed by atoms with Gasteiger partial charge in [-0.3, -0.25) is 9.48 Å². The van der Waals surface area contributed by atoms with E-state index in [1.807, 2.05) is 6.92 Å². The van der Waals surface area contributed by atoms with Crippen molar-refractivity contribution in [3.05, 3.63) is 11.4 Å². The first kappa shape index (κ1) is 14.9. The molecule has 1 fully saturated rings. The Balaban J connectivity index is 2.11. The normalized spacial score (nSPS) is 21.7. The summed E-state index contributed by atoms with van der Waals surface area (Å²) in [7, 11) is 1.77. The molecule has 1 amide bonds. The summed E-state index contributed by atoms with van der Waals surface area (Å²) in [6.45, 7) is 6.52. The maximum Gasteiger partial charge on any atom is 0.271 e. The Kier molecular flexibility index (Phi) is 4.06. The summed E-state index contributed by atoms with van der Waals surface area (Å²) in [5, 5.41) is 7.43. The predicted octanol–water partition coefficient (Wildman–Crippen LogP) is 2.26. The zero-order valence-electron chi connectivity index (χ0n) is 13.0. The van der Waals surface area contributed by atoms with Gasteiger partial charge in [-0.2, -0.15) is 5.10 Å². The van der Waals surface area contributed by atoms with E-state index >= 15 is 0 Å². The average molecular weight is 278 g/mol. The van der Waals surface area contributed by atoms with Crippen LogP contribution in [0, 0.1) is 5.41 Å². The molecule has 1 aromatic heterocycles. The summed E-state index contributed by atoms with van der Waals surface area (Å²) < 4.78 is 1.59. The molecule has 5 nitrogen and oxygen atoms in total. The number of nitrogens with two attached hydrogens (primary N) is 1. The van der Waals surface area contributed by atoms with Crippen molar-refractivity contribution in [2.75, 3.05) is 5.73 Å². The summed E-state index contributed by atoms with van der Waals surface area (Å²) in [5.74, 6) is -0.0973. The Morgan fingerprint density at radius 2 is 2.25 bits per heavy atom. The minimum absolute atomic E-state index is 0.0973. The predicted molar refractivity (Wildman–Crippen MR) is 80.5 cm³/mol. The first-order valence-corrected chi connectivity index (χ1v) is 7.46. The van der Waals surface area contributed by atoms with Crippen LogP contribution in [-0.4, -0.2) is 21.7 Å². The number of nitrogens with one attached hydrogen (secondary N) is 1. The van der Waals surface area contributed by atoms with Gasteiger partial charge in [-0.05, 0) is 31.1 Å². The van der Waals surface area contributed by atoms with E-state index in [0.717, 1.165) is 25.0 Å². The minimum Gasteiger partial charge on any atom is -0.395 e. The van der Waals surface area contributed by atoms with Gasteiger partial charge in [0, 0.05) is 13.1 Å². The van der Waals surface area contributed by atoms with E-state index < -0.39 is 0 Å². The second-order valence-corrected chi connectivity index (χ2v) is 6.62. The Hall–Kier alpha value is -1.52. The van der Waals surface area contributed by atoms with Gasteiger partial charge >= 0.3 is 0 Å². The Morgan fingerprint density at radius 3 is 2.80 bits per heavy atom. The average Bonchev–Trinajstić information content (AvgIpc) is 2.62. The van der Waals surface area contributed by atoms with Crippen LogP contribution in [0.3, 0.4) is 0 Å². The van der Waals surface area contributed by atoms with Crippen LogP contribution in [0.5, 0.6) is 0 Å². The molecule has 1 aliphatic carbocycles. The Labute approximate surface area is 120 Å². The van der Waals surface area contributed by atoms with Crippen molar-refractivity contribution < 1.29 is 4.79 Å². The van der Waals surface area contributed by atoms with Gasteiger partial charge in [-0.1, -0.05) is 27.2 Å². The van der Waals surface area contributed by atoms with Gasteiger partial charge in [0.05, 0.1) is 11.4 Å². The van der Waals surface area contributed by atoms with E-state index in [0.29, 0.717) is 16.8 Å². The van der Waals surface area contributed by atoms with Crippen LogP contribution in [0.25, 0.3) is 0 Å². The number of nitrogens with zero attached hydrogens (tertiary/aromatic N) is 2. The first-order valence-electron chi connectivity index (χ1n) is 7.46. The second kappa shape index (κ2) is 5.46. The largest absolute Gasteiger partial charge is 0.395 e. The molecular formula is C15H26N4O. The van der Waals surface area contributed by atoms with Gasteiger partial charge in [0.2, 0.25) is 0 Å². The monoisotopic (exact) mass is 278 g/mol. The number of rotatable bonds is 3. The zero-order chi connectivity index (χ0) is 14.9. The lowest BCUT2D eigenvalue weighted by Crippen LogP contribution is -2.41. The topological polar surface area (TPSA) is 72.9 Å². The molecule has 1 aliphatic rings. The molecule has 20 heavy (non-hydrogen) atoms. The number of anilines is 1. The molecule has 1 saturated carbocycles. The van der Waals surface area contributed by atoms with E-state index in [2.05, 4.69) is 24.3 Å². The van der Waals surface area contributed by atoms with Crippen LogP contribution in [0.2, 0.25) is 0 Å². The molecule has 0 radical (unpaired) electrons.